The number of aryl methyl sites for hydroxylation is 1. The van der Waals surface area contributed by atoms with Crippen molar-refractivity contribution in [1.82, 2.24) is 4.98 Å². The maximum atomic E-state index is 12.3. The highest BCUT2D eigenvalue weighted by molar-refractivity contribution is 7.98. The van der Waals surface area contributed by atoms with Crippen LogP contribution in [0.2, 0.25) is 0 Å². The van der Waals surface area contributed by atoms with Crippen molar-refractivity contribution in [2.75, 3.05) is 17.3 Å². The van der Waals surface area contributed by atoms with Crippen LogP contribution in [-0.4, -0.2) is 31.3 Å². The van der Waals surface area contributed by atoms with Gasteiger partial charge in [0.25, 0.3) is 0 Å². The predicted molar refractivity (Wildman–Crippen MR) is 112 cm³/mol. The number of thioether (sulfide) groups is 1. The zero-order chi connectivity index (χ0) is 19.4. The fraction of sp³-hybridized carbons (Fsp3) is 0.263. The summed E-state index contributed by atoms with van der Waals surface area (Å²) in [5.74, 6) is -0.279. The Morgan fingerprint density at radius 1 is 1.19 bits per heavy atom. The van der Waals surface area contributed by atoms with E-state index in [4.69, 9.17) is 0 Å². The van der Waals surface area contributed by atoms with Crippen LogP contribution < -0.4 is 5.32 Å². The number of amides is 1. The van der Waals surface area contributed by atoms with Crippen LogP contribution in [0.25, 0.3) is 10.2 Å². The van der Waals surface area contributed by atoms with E-state index in [1.165, 1.54) is 11.3 Å². The second-order valence-electron chi connectivity index (χ2n) is 6.14. The van der Waals surface area contributed by atoms with Gasteiger partial charge in [-0.05, 0) is 49.9 Å². The lowest BCUT2D eigenvalue weighted by molar-refractivity contribution is -0.116. The lowest BCUT2D eigenvalue weighted by atomic mass is 10.2. The maximum absolute atomic E-state index is 12.3. The second kappa shape index (κ2) is 8.41. The summed E-state index contributed by atoms with van der Waals surface area (Å²) >= 11 is 3.07. The number of thiazole rings is 1. The summed E-state index contributed by atoms with van der Waals surface area (Å²) in [5, 5.41) is 3.31. The molecule has 0 aliphatic carbocycles. The van der Waals surface area contributed by atoms with Crippen LogP contribution in [0.15, 0.2) is 52.3 Å². The average molecular weight is 421 g/mol. The second-order valence-corrected chi connectivity index (χ2v) is 10.2. The fourth-order valence-corrected chi connectivity index (χ4v) is 5.30. The van der Waals surface area contributed by atoms with Crippen molar-refractivity contribution in [2.45, 2.75) is 29.6 Å². The van der Waals surface area contributed by atoms with Gasteiger partial charge in [-0.2, -0.15) is 0 Å². The Morgan fingerprint density at radius 2 is 1.93 bits per heavy atom. The minimum atomic E-state index is -3.37. The number of benzene rings is 2. The van der Waals surface area contributed by atoms with Crippen molar-refractivity contribution >= 4 is 54.2 Å². The molecular formula is C19H20N2O3S3. The molecule has 0 saturated heterocycles. The van der Waals surface area contributed by atoms with Crippen molar-refractivity contribution in [2.24, 2.45) is 0 Å². The number of carbonyl (C=O) groups excluding carboxylic acids is 1. The Balaban J connectivity index is 1.56. The molecule has 3 rings (SSSR count). The monoisotopic (exact) mass is 420 g/mol. The van der Waals surface area contributed by atoms with Crippen molar-refractivity contribution < 1.29 is 13.2 Å². The van der Waals surface area contributed by atoms with Crippen LogP contribution in [0.1, 0.15) is 18.4 Å². The van der Waals surface area contributed by atoms with E-state index in [1.807, 2.05) is 31.4 Å². The molecule has 8 heteroatoms. The van der Waals surface area contributed by atoms with Gasteiger partial charge in [0.15, 0.2) is 15.0 Å². The van der Waals surface area contributed by atoms with E-state index in [-0.39, 0.29) is 24.5 Å². The lowest BCUT2D eigenvalue weighted by Gasteiger charge is -2.05. The first-order valence-electron chi connectivity index (χ1n) is 8.41. The largest absolute Gasteiger partial charge is 0.302 e. The number of anilines is 1. The molecule has 1 aromatic heterocycles. The molecule has 0 aliphatic rings. The minimum Gasteiger partial charge on any atom is -0.302 e. The van der Waals surface area contributed by atoms with Gasteiger partial charge in [0.05, 0.1) is 20.9 Å². The van der Waals surface area contributed by atoms with Gasteiger partial charge in [-0.15, -0.1) is 11.8 Å². The lowest BCUT2D eigenvalue weighted by Crippen LogP contribution is -2.14. The Bertz CT molecular complexity index is 1060. The topological polar surface area (TPSA) is 76.1 Å². The van der Waals surface area contributed by atoms with Gasteiger partial charge in [0, 0.05) is 11.3 Å². The minimum absolute atomic E-state index is 0.0552. The molecule has 1 heterocycles. The third kappa shape index (κ3) is 5.09. The summed E-state index contributed by atoms with van der Waals surface area (Å²) < 4.78 is 25.6. The highest BCUT2D eigenvalue weighted by Crippen LogP contribution is 2.29. The normalized spacial score (nSPS) is 11.6. The molecule has 2 aromatic carbocycles. The first-order valence-corrected chi connectivity index (χ1v) is 12.1. The third-order valence-corrected chi connectivity index (χ3v) is 7.51. The van der Waals surface area contributed by atoms with Crippen molar-refractivity contribution in [3.8, 4) is 0 Å². The molecule has 5 nitrogen and oxygen atoms in total. The molecule has 0 spiro atoms. The highest BCUT2D eigenvalue weighted by Gasteiger charge is 2.15. The van der Waals surface area contributed by atoms with Crippen molar-refractivity contribution in [1.29, 1.82) is 0 Å². The Kier molecular flexibility index (Phi) is 6.18. The number of hydrogen-bond donors (Lipinski definition) is 1. The number of hydrogen-bond acceptors (Lipinski definition) is 6. The number of aromatic nitrogens is 1. The average Bonchev–Trinajstić information content (AvgIpc) is 3.02. The smallest absolute Gasteiger partial charge is 0.226 e. The van der Waals surface area contributed by atoms with Crippen LogP contribution >= 0.6 is 23.1 Å². The first kappa shape index (κ1) is 19.9. The van der Waals surface area contributed by atoms with Gasteiger partial charge < -0.3 is 5.32 Å². The molecule has 0 atom stereocenters. The van der Waals surface area contributed by atoms with E-state index < -0.39 is 9.84 Å². The molecule has 0 unspecified atom stereocenters. The molecule has 0 aliphatic heterocycles. The van der Waals surface area contributed by atoms with E-state index >= 15 is 0 Å². The number of nitrogens with one attached hydrogen (secondary N) is 1. The molecule has 1 N–H and O–H groups in total. The SMILES string of the molecule is CSc1ccc2nc(NC(=O)CCCS(=O)(=O)c3ccc(C)cc3)sc2c1. The quantitative estimate of drug-likeness (QED) is 0.569. The van der Waals surface area contributed by atoms with Crippen LogP contribution in [0.3, 0.4) is 0 Å². The summed E-state index contributed by atoms with van der Waals surface area (Å²) in [6, 6.07) is 12.7. The van der Waals surface area contributed by atoms with E-state index in [0.717, 1.165) is 20.7 Å². The highest BCUT2D eigenvalue weighted by atomic mass is 32.2. The van der Waals surface area contributed by atoms with Crippen LogP contribution in [0.5, 0.6) is 0 Å². The zero-order valence-corrected chi connectivity index (χ0v) is 17.5. The third-order valence-electron chi connectivity index (χ3n) is 4.04. The summed E-state index contributed by atoms with van der Waals surface area (Å²) in [5.41, 5.74) is 1.85. The van der Waals surface area contributed by atoms with Crippen molar-refractivity contribution in [3.05, 3.63) is 48.0 Å². The summed E-state index contributed by atoms with van der Waals surface area (Å²) in [6.45, 7) is 1.91. The zero-order valence-electron chi connectivity index (χ0n) is 15.1. The molecule has 0 bridgehead atoms. The van der Waals surface area contributed by atoms with E-state index in [0.29, 0.717) is 10.0 Å². The molecular weight excluding hydrogens is 400 g/mol. The first-order chi connectivity index (χ1) is 12.9. The molecule has 1 amide bonds. The standard InChI is InChI=1S/C19H20N2O3S3/c1-13-5-8-15(9-6-13)27(23,24)11-3-4-18(22)21-19-20-16-10-7-14(25-2)12-17(16)26-19/h5-10,12H,3-4,11H2,1-2H3,(H,20,21,22). The van der Waals surface area contributed by atoms with Gasteiger partial charge in [0.1, 0.15) is 0 Å². The van der Waals surface area contributed by atoms with Crippen LogP contribution in [-0.2, 0) is 14.6 Å². The number of carbonyl (C=O) groups is 1. The van der Waals surface area contributed by atoms with Crippen LogP contribution in [0.4, 0.5) is 5.13 Å². The number of sulfone groups is 1. The predicted octanol–water partition coefficient (Wildman–Crippen LogP) is 4.52. The van der Waals surface area contributed by atoms with Gasteiger partial charge in [-0.3, -0.25) is 4.79 Å². The summed E-state index contributed by atoms with van der Waals surface area (Å²) in [4.78, 5) is 18.0. The van der Waals surface area contributed by atoms with Gasteiger partial charge >= 0.3 is 0 Å². The molecule has 0 saturated carbocycles. The molecule has 142 valence electrons. The Labute approximate surface area is 167 Å². The Hall–Kier alpha value is -1.90. The van der Waals surface area contributed by atoms with Gasteiger partial charge in [0.2, 0.25) is 5.91 Å². The van der Waals surface area contributed by atoms with E-state index in [2.05, 4.69) is 10.3 Å². The molecule has 27 heavy (non-hydrogen) atoms. The van der Waals surface area contributed by atoms with Gasteiger partial charge in [-0.25, -0.2) is 13.4 Å². The van der Waals surface area contributed by atoms with Crippen LogP contribution in [0, 0.1) is 6.92 Å². The number of rotatable bonds is 7. The Morgan fingerprint density at radius 3 is 2.63 bits per heavy atom. The molecule has 0 fully saturated rings. The summed E-state index contributed by atoms with van der Waals surface area (Å²) in [6.07, 6.45) is 2.41. The van der Waals surface area contributed by atoms with E-state index in [1.54, 1.807) is 36.0 Å². The van der Waals surface area contributed by atoms with E-state index in [9.17, 15) is 13.2 Å². The molecule has 3 aromatic rings. The molecule has 0 radical (unpaired) electrons. The maximum Gasteiger partial charge on any atom is 0.226 e. The van der Waals surface area contributed by atoms with Gasteiger partial charge in [-0.1, -0.05) is 29.0 Å². The number of nitrogens with zero attached hydrogens (tertiary/aromatic N) is 1. The van der Waals surface area contributed by atoms with Crippen molar-refractivity contribution in [3.63, 3.8) is 0 Å². The number of fused-ring (bicyclic) bond motifs is 1. The summed E-state index contributed by atoms with van der Waals surface area (Å²) in [7, 11) is -3.37. The fourth-order valence-electron chi connectivity index (χ4n) is 2.55.